The minimum atomic E-state index is 0.217. The van der Waals surface area contributed by atoms with E-state index in [0.29, 0.717) is 6.42 Å². The van der Waals surface area contributed by atoms with E-state index in [4.69, 9.17) is 0 Å². The van der Waals surface area contributed by atoms with Crippen LogP contribution in [0, 0.1) is 0 Å². The van der Waals surface area contributed by atoms with Crippen molar-refractivity contribution in [3.05, 3.63) is 0 Å². The summed E-state index contributed by atoms with van der Waals surface area (Å²) in [5, 5.41) is 6.94. The summed E-state index contributed by atoms with van der Waals surface area (Å²) >= 11 is 0. The Hall–Kier alpha value is -0.940. The molecule has 0 unspecified atom stereocenters. The monoisotopic (exact) mass is 380 g/mol. The maximum Gasteiger partial charge on any atom is 0.228 e. The molecule has 27 heavy (non-hydrogen) atoms. The fraction of sp³-hybridized carbons (Fsp3) is 0.909. The van der Waals surface area contributed by atoms with E-state index >= 15 is 0 Å². The first-order chi connectivity index (χ1) is 13.2. The van der Waals surface area contributed by atoms with E-state index in [9.17, 15) is 4.79 Å². The SMILES string of the molecule is CCCCCCCCCCCCNCCNCCN1CCN=C(C)CC1=O. The highest BCUT2D eigenvalue weighted by Gasteiger charge is 2.16. The van der Waals surface area contributed by atoms with Crippen LogP contribution in [0.5, 0.6) is 0 Å². The van der Waals surface area contributed by atoms with Gasteiger partial charge in [0.2, 0.25) is 5.91 Å². The number of amides is 1. The van der Waals surface area contributed by atoms with E-state index in [2.05, 4.69) is 22.5 Å². The Morgan fingerprint density at radius 1 is 0.852 bits per heavy atom. The standard InChI is InChI=1S/C22H44N4O/c1-3-4-5-6-7-8-9-10-11-12-13-23-14-15-24-16-18-26-19-17-25-21(2)20-22(26)27/h23-24H,3-20H2,1-2H3. The van der Waals surface area contributed by atoms with Gasteiger partial charge in [0, 0.05) is 38.4 Å². The van der Waals surface area contributed by atoms with Crippen molar-refractivity contribution in [1.29, 1.82) is 0 Å². The minimum absolute atomic E-state index is 0.217. The molecule has 1 rings (SSSR count). The summed E-state index contributed by atoms with van der Waals surface area (Å²) in [4.78, 5) is 18.3. The molecule has 0 saturated heterocycles. The largest absolute Gasteiger partial charge is 0.339 e. The number of carbonyl (C=O) groups is 1. The summed E-state index contributed by atoms with van der Waals surface area (Å²) in [5.74, 6) is 0.217. The van der Waals surface area contributed by atoms with Crippen LogP contribution in [0.1, 0.15) is 84.5 Å². The molecule has 1 amide bonds. The van der Waals surface area contributed by atoms with Gasteiger partial charge in [-0.15, -0.1) is 0 Å². The molecular weight excluding hydrogens is 336 g/mol. The summed E-state index contributed by atoms with van der Waals surface area (Å²) in [6.45, 7) is 10.5. The zero-order valence-corrected chi connectivity index (χ0v) is 18.0. The fourth-order valence-electron chi connectivity index (χ4n) is 3.49. The van der Waals surface area contributed by atoms with Crippen molar-refractivity contribution in [1.82, 2.24) is 15.5 Å². The molecule has 0 bridgehead atoms. The average molecular weight is 381 g/mol. The Morgan fingerprint density at radius 2 is 1.44 bits per heavy atom. The van der Waals surface area contributed by atoms with Crippen LogP contribution in [0.4, 0.5) is 0 Å². The van der Waals surface area contributed by atoms with Crippen molar-refractivity contribution >= 4 is 11.6 Å². The van der Waals surface area contributed by atoms with Crippen molar-refractivity contribution in [3.8, 4) is 0 Å². The number of unbranched alkanes of at least 4 members (excludes halogenated alkanes) is 9. The van der Waals surface area contributed by atoms with Gasteiger partial charge in [-0.2, -0.15) is 0 Å². The van der Waals surface area contributed by atoms with Crippen LogP contribution < -0.4 is 10.6 Å². The molecule has 0 aromatic carbocycles. The Bertz CT molecular complexity index is 398. The number of carbonyl (C=O) groups excluding carboxylic acids is 1. The molecule has 1 aliphatic rings. The van der Waals surface area contributed by atoms with Gasteiger partial charge < -0.3 is 15.5 Å². The molecule has 0 aliphatic carbocycles. The van der Waals surface area contributed by atoms with Gasteiger partial charge in [-0.05, 0) is 19.9 Å². The highest BCUT2D eigenvalue weighted by molar-refractivity contribution is 6.00. The van der Waals surface area contributed by atoms with Crippen LogP contribution in [0.25, 0.3) is 0 Å². The van der Waals surface area contributed by atoms with Gasteiger partial charge in [0.1, 0.15) is 0 Å². The van der Waals surface area contributed by atoms with E-state index in [1.165, 1.54) is 64.2 Å². The molecule has 0 aromatic rings. The van der Waals surface area contributed by atoms with E-state index in [0.717, 1.165) is 51.5 Å². The quantitative estimate of drug-likeness (QED) is 0.378. The summed E-state index contributed by atoms with van der Waals surface area (Å²) in [6.07, 6.45) is 14.4. The van der Waals surface area contributed by atoms with Crippen LogP contribution in [0.15, 0.2) is 4.99 Å². The predicted molar refractivity (Wildman–Crippen MR) is 117 cm³/mol. The lowest BCUT2D eigenvalue weighted by atomic mass is 10.1. The molecule has 0 saturated carbocycles. The third-order valence-corrected chi connectivity index (χ3v) is 5.26. The van der Waals surface area contributed by atoms with Crippen LogP contribution >= 0.6 is 0 Å². The van der Waals surface area contributed by atoms with Crippen LogP contribution in [-0.2, 0) is 4.79 Å². The van der Waals surface area contributed by atoms with E-state index in [-0.39, 0.29) is 5.91 Å². The number of nitrogens with one attached hydrogen (secondary N) is 2. The van der Waals surface area contributed by atoms with E-state index in [1.807, 2.05) is 11.8 Å². The lowest BCUT2D eigenvalue weighted by Crippen LogP contribution is -2.39. The van der Waals surface area contributed by atoms with Gasteiger partial charge >= 0.3 is 0 Å². The van der Waals surface area contributed by atoms with Crippen LogP contribution in [0.3, 0.4) is 0 Å². The first-order valence-corrected chi connectivity index (χ1v) is 11.4. The molecule has 0 aromatic heterocycles. The second-order valence-electron chi connectivity index (χ2n) is 7.86. The molecule has 5 heteroatoms. The Kier molecular flexibility index (Phi) is 15.3. The first-order valence-electron chi connectivity index (χ1n) is 11.4. The summed E-state index contributed by atoms with van der Waals surface area (Å²) in [7, 11) is 0. The van der Waals surface area contributed by atoms with Crippen molar-refractivity contribution in [3.63, 3.8) is 0 Å². The molecule has 0 radical (unpaired) electrons. The fourth-order valence-corrected chi connectivity index (χ4v) is 3.49. The highest BCUT2D eigenvalue weighted by Crippen LogP contribution is 2.10. The maximum absolute atomic E-state index is 12.0. The topological polar surface area (TPSA) is 56.7 Å². The Labute approximate surface area is 167 Å². The van der Waals surface area contributed by atoms with Crippen LogP contribution in [0.2, 0.25) is 0 Å². The van der Waals surface area contributed by atoms with Gasteiger partial charge in [0.25, 0.3) is 0 Å². The van der Waals surface area contributed by atoms with E-state index in [1.54, 1.807) is 0 Å². The third-order valence-electron chi connectivity index (χ3n) is 5.26. The number of hydrogen-bond acceptors (Lipinski definition) is 4. The van der Waals surface area contributed by atoms with Gasteiger partial charge in [-0.25, -0.2) is 0 Å². The third kappa shape index (κ3) is 13.8. The Balaban J connectivity index is 1.79. The normalized spacial score (nSPS) is 15.1. The molecule has 1 heterocycles. The molecule has 0 spiro atoms. The molecule has 2 N–H and O–H groups in total. The summed E-state index contributed by atoms with van der Waals surface area (Å²) < 4.78 is 0. The molecule has 1 aliphatic heterocycles. The molecule has 0 atom stereocenters. The Morgan fingerprint density at radius 3 is 2.11 bits per heavy atom. The van der Waals surface area contributed by atoms with E-state index < -0.39 is 0 Å². The number of nitrogens with zero attached hydrogens (tertiary/aromatic N) is 2. The molecule has 0 fully saturated rings. The van der Waals surface area contributed by atoms with Crippen molar-refractivity contribution < 1.29 is 4.79 Å². The summed E-state index contributed by atoms with van der Waals surface area (Å²) in [6, 6.07) is 0. The molecular formula is C22H44N4O. The van der Waals surface area contributed by atoms with Crippen LogP contribution in [-0.4, -0.2) is 62.3 Å². The summed E-state index contributed by atoms with van der Waals surface area (Å²) in [5.41, 5.74) is 0.964. The molecule has 5 nitrogen and oxygen atoms in total. The van der Waals surface area contributed by atoms with Gasteiger partial charge in [-0.3, -0.25) is 9.79 Å². The minimum Gasteiger partial charge on any atom is -0.339 e. The van der Waals surface area contributed by atoms with Gasteiger partial charge in [0.15, 0.2) is 0 Å². The maximum atomic E-state index is 12.0. The second-order valence-corrected chi connectivity index (χ2v) is 7.86. The van der Waals surface area contributed by atoms with Crippen molar-refractivity contribution in [2.45, 2.75) is 84.5 Å². The average Bonchev–Trinajstić information content (AvgIpc) is 2.81. The zero-order valence-electron chi connectivity index (χ0n) is 18.0. The lowest BCUT2D eigenvalue weighted by Gasteiger charge is -2.20. The van der Waals surface area contributed by atoms with Gasteiger partial charge in [-0.1, -0.05) is 64.7 Å². The number of aliphatic imine (C=N–C) groups is 1. The number of hydrogen-bond donors (Lipinski definition) is 2. The predicted octanol–water partition coefficient (Wildman–Crippen LogP) is 3.78. The highest BCUT2D eigenvalue weighted by atomic mass is 16.2. The molecule has 158 valence electrons. The van der Waals surface area contributed by atoms with Crippen molar-refractivity contribution in [2.24, 2.45) is 4.99 Å². The van der Waals surface area contributed by atoms with Gasteiger partial charge in [0.05, 0.1) is 13.0 Å². The lowest BCUT2D eigenvalue weighted by molar-refractivity contribution is -0.129. The number of rotatable bonds is 17. The second kappa shape index (κ2) is 17.2. The van der Waals surface area contributed by atoms with Crippen molar-refractivity contribution in [2.75, 3.05) is 45.8 Å². The first kappa shape index (κ1) is 24.1. The smallest absolute Gasteiger partial charge is 0.228 e. The zero-order chi connectivity index (χ0) is 19.6.